The van der Waals surface area contributed by atoms with Gasteiger partial charge < -0.3 is 19.4 Å². The molecule has 0 saturated carbocycles. The molecule has 9 heteroatoms. The van der Waals surface area contributed by atoms with Gasteiger partial charge in [-0.1, -0.05) is 18.2 Å². The number of carbonyl (C=O) groups is 2. The van der Waals surface area contributed by atoms with E-state index in [4.69, 9.17) is 9.15 Å². The predicted molar refractivity (Wildman–Crippen MR) is 119 cm³/mol. The van der Waals surface area contributed by atoms with Crippen LogP contribution in [0.4, 0.5) is 5.69 Å². The summed E-state index contributed by atoms with van der Waals surface area (Å²) in [5.41, 5.74) is -0.0697. The molecule has 0 unspecified atom stereocenters. The highest BCUT2D eigenvalue weighted by Crippen LogP contribution is 2.31. The Morgan fingerprint density at radius 1 is 1.09 bits per heavy atom. The molecule has 0 bridgehead atoms. The van der Waals surface area contributed by atoms with Crippen LogP contribution in [0.2, 0.25) is 0 Å². The van der Waals surface area contributed by atoms with E-state index in [0.717, 1.165) is 0 Å². The largest absolute Gasteiger partial charge is 0.467 e. The van der Waals surface area contributed by atoms with Gasteiger partial charge in [0.2, 0.25) is 5.91 Å². The van der Waals surface area contributed by atoms with Crippen molar-refractivity contribution in [3.8, 4) is 11.5 Å². The summed E-state index contributed by atoms with van der Waals surface area (Å²) in [4.78, 5) is 38.1. The number of para-hydroxylation sites is 1. The Morgan fingerprint density at radius 3 is 2.52 bits per heavy atom. The van der Waals surface area contributed by atoms with Crippen LogP contribution < -0.4 is 10.1 Å². The van der Waals surface area contributed by atoms with E-state index in [0.29, 0.717) is 44.0 Å². The fourth-order valence-corrected chi connectivity index (χ4v) is 3.75. The first-order valence-electron chi connectivity index (χ1n) is 10.6. The van der Waals surface area contributed by atoms with Gasteiger partial charge >= 0.3 is 0 Å². The number of rotatable bonds is 7. The molecule has 0 radical (unpaired) electrons. The van der Waals surface area contributed by atoms with E-state index in [1.807, 2.05) is 6.07 Å². The number of benzene rings is 2. The summed E-state index contributed by atoms with van der Waals surface area (Å²) < 4.78 is 11.1. The second kappa shape index (κ2) is 9.99. The van der Waals surface area contributed by atoms with E-state index in [1.54, 1.807) is 47.6 Å². The third-order valence-corrected chi connectivity index (χ3v) is 5.55. The quantitative estimate of drug-likeness (QED) is 0.428. The lowest BCUT2D eigenvalue weighted by atomic mass is 9.95. The normalized spacial score (nSPS) is 14.0. The molecule has 0 aliphatic carbocycles. The van der Waals surface area contributed by atoms with E-state index in [1.165, 1.54) is 18.2 Å². The molecule has 1 saturated heterocycles. The van der Waals surface area contributed by atoms with Crippen LogP contribution in [0.3, 0.4) is 0 Å². The number of furan rings is 1. The number of ether oxygens (including phenoxy) is 1. The number of piperidine rings is 1. The number of nitro groups is 1. The molecule has 1 aliphatic rings. The molecular weight excluding hydrogens is 426 g/mol. The molecule has 1 aliphatic heterocycles. The summed E-state index contributed by atoms with van der Waals surface area (Å²) in [6.45, 7) is 1.05. The zero-order valence-electron chi connectivity index (χ0n) is 17.8. The van der Waals surface area contributed by atoms with Gasteiger partial charge in [0.05, 0.1) is 23.3 Å². The summed E-state index contributed by atoms with van der Waals surface area (Å²) in [7, 11) is 0. The minimum absolute atomic E-state index is 0.0815. The highest BCUT2D eigenvalue weighted by molar-refractivity contribution is 5.98. The molecule has 2 aromatic carbocycles. The summed E-state index contributed by atoms with van der Waals surface area (Å²) in [5, 5.41) is 14.1. The Balaban J connectivity index is 1.43. The lowest BCUT2D eigenvalue weighted by Gasteiger charge is -2.31. The fourth-order valence-electron chi connectivity index (χ4n) is 3.75. The minimum Gasteiger partial charge on any atom is -0.467 e. The van der Waals surface area contributed by atoms with Crippen LogP contribution >= 0.6 is 0 Å². The van der Waals surface area contributed by atoms with Gasteiger partial charge in [0.25, 0.3) is 11.6 Å². The van der Waals surface area contributed by atoms with Gasteiger partial charge in [-0.3, -0.25) is 19.7 Å². The van der Waals surface area contributed by atoms with Crippen molar-refractivity contribution in [2.24, 2.45) is 5.92 Å². The SMILES string of the molecule is O=C(NCc1ccco1)C1CCN(C(=O)c2cc([N+](=O)[O-])ccc2Oc2ccccc2)CC1. The summed E-state index contributed by atoms with van der Waals surface area (Å²) >= 11 is 0. The molecule has 1 N–H and O–H groups in total. The van der Waals surface area contributed by atoms with E-state index in [2.05, 4.69) is 5.32 Å². The van der Waals surface area contributed by atoms with Crippen LogP contribution in [0, 0.1) is 16.0 Å². The van der Waals surface area contributed by atoms with Gasteiger partial charge in [-0.05, 0) is 43.2 Å². The molecule has 170 valence electrons. The van der Waals surface area contributed by atoms with Crippen LogP contribution in [-0.2, 0) is 11.3 Å². The zero-order chi connectivity index (χ0) is 23.2. The first-order chi connectivity index (χ1) is 16.0. The standard InChI is InChI=1S/C24H23N3O6/c28-23(25-16-20-7-4-14-32-20)17-10-12-26(13-11-17)24(29)21-15-18(27(30)31)8-9-22(21)33-19-5-2-1-3-6-19/h1-9,14-15,17H,10-13,16H2,(H,25,28). The van der Waals surface area contributed by atoms with E-state index < -0.39 is 4.92 Å². The van der Waals surface area contributed by atoms with E-state index in [9.17, 15) is 19.7 Å². The van der Waals surface area contributed by atoms with Crippen LogP contribution in [0.1, 0.15) is 29.0 Å². The lowest BCUT2D eigenvalue weighted by Crippen LogP contribution is -2.43. The van der Waals surface area contributed by atoms with Crippen LogP contribution in [0.5, 0.6) is 11.5 Å². The van der Waals surface area contributed by atoms with Crippen molar-refractivity contribution in [1.29, 1.82) is 0 Å². The molecule has 1 fully saturated rings. The lowest BCUT2D eigenvalue weighted by molar-refractivity contribution is -0.384. The number of hydrogen-bond acceptors (Lipinski definition) is 6. The summed E-state index contributed by atoms with van der Waals surface area (Å²) in [6, 6.07) is 16.4. The van der Waals surface area contributed by atoms with Crippen molar-refractivity contribution in [1.82, 2.24) is 10.2 Å². The van der Waals surface area contributed by atoms with Crippen LogP contribution in [-0.4, -0.2) is 34.7 Å². The second-order valence-corrected chi connectivity index (χ2v) is 7.72. The maximum Gasteiger partial charge on any atom is 0.270 e. The molecule has 2 heterocycles. The molecular formula is C24H23N3O6. The number of likely N-dealkylation sites (tertiary alicyclic amines) is 1. The highest BCUT2D eigenvalue weighted by Gasteiger charge is 2.30. The monoisotopic (exact) mass is 449 g/mol. The smallest absolute Gasteiger partial charge is 0.270 e. The maximum atomic E-state index is 13.3. The molecule has 9 nitrogen and oxygen atoms in total. The number of nitro benzene ring substituents is 1. The number of nitrogens with zero attached hydrogens (tertiary/aromatic N) is 2. The van der Waals surface area contributed by atoms with Gasteiger partial charge in [0.15, 0.2) is 0 Å². The van der Waals surface area contributed by atoms with Crippen molar-refractivity contribution in [3.63, 3.8) is 0 Å². The van der Waals surface area contributed by atoms with Gasteiger partial charge in [0.1, 0.15) is 17.3 Å². The number of hydrogen-bond donors (Lipinski definition) is 1. The molecule has 4 rings (SSSR count). The molecule has 2 amide bonds. The molecule has 0 atom stereocenters. The average molecular weight is 449 g/mol. The first-order valence-corrected chi connectivity index (χ1v) is 10.6. The predicted octanol–water partition coefficient (Wildman–Crippen LogP) is 4.15. The molecule has 0 spiro atoms. The van der Waals surface area contributed by atoms with E-state index >= 15 is 0 Å². The maximum absolute atomic E-state index is 13.3. The first kappa shape index (κ1) is 22.1. The topological polar surface area (TPSA) is 115 Å². The fraction of sp³-hybridized carbons (Fsp3) is 0.250. The Kier molecular flexibility index (Phi) is 6.68. The van der Waals surface area contributed by atoms with Crippen LogP contribution in [0.25, 0.3) is 0 Å². The number of non-ortho nitro benzene ring substituents is 1. The van der Waals surface area contributed by atoms with Crippen molar-refractivity contribution < 1.29 is 23.7 Å². The Hall–Kier alpha value is -4.14. The minimum atomic E-state index is -0.543. The molecule has 33 heavy (non-hydrogen) atoms. The van der Waals surface area contributed by atoms with Gasteiger partial charge in [-0.25, -0.2) is 0 Å². The number of nitrogens with one attached hydrogen (secondary N) is 1. The van der Waals surface area contributed by atoms with Gasteiger partial charge in [-0.15, -0.1) is 0 Å². The van der Waals surface area contributed by atoms with Crippen LogP contribution in [0.15, 0.2) is 71.3 Å². The summed E-state index contributed by atoms with van der Waals surface area (Å²) in [5.74, 6) is 0.783. The number of amides is 2. The van der Waals surface area contributed by atoms with Crippen molar-refractivity contribution in [2.45, 2.75) is 19.4 Å². The van der Waals surface area contributed by atoms with Crippen molar-refractivity contribution in [2.75, 3.05) is 13.1 Å². The Labute approximate surface area is 190 Å². The van der Waals surface area contributed by atoms with Gasteiger partial charge in [-0.2, -0.15) is 0 Å². The van der Waals surface area contributed by atoms with Crippen molar-refractivity contribution in [3.05, 3.63) is 88.4 Å². The molecule has 3 aromatic rings. The highest BCUT2D eigenvalue weighted by atomic mass is 16.6. The third-order valence-electron chi connectivity index (χ3n) is 5.55. The van der Waals surface area contributed by atoms with Gasteiger partial charge in [0, 0.05) is 31.1 Å². The Morgan fingerprint density at radius 2 is 1.85 bits per heavy atom. The number of carbonyl (C=O) groups excluding carboxylic acids is 2. The third kappa shape index (κ3) is 5.38. The average Bonchev–Trinajstić information content (AvgIpc) is 3.37. The van der Waals surface area contributed by atoms with Crippen molar-refractivity contribution >= 4 is 17.5 Å². The second-order valence-electron chi connectivity index (χ2n) is 7.72. The molecule has 1 aromatic heterocycles. The Bertz CT molecular complexity index is 1120. The zero-order valence-corrected chi connectivity index (χ0v) is 17.8. The van der Waals surface area contributed by atoms with E-state index in [-0.39, 0.29) is 34.7 Å². The summed E-state index contributed by atoms with van der Waals surface area (Å²) in [6.07, 6.45) is 2.55.